The van der Waals surface area contributed by atoms with Crippen molar-refractivity contribution in [3.63, 3.8) is 0 Å². The molecule has 0 aliphatic carbocycles. The molecule has 1 atom stereocenters. The lowest BCUT2D eigenvalue weighted by Gasteiger charge is -2.10. The number of H-pyrrole nitrogens is 1. The van der Waals surface area contributed by atoms with Gasteiger partial charge in [0.15, 0.2) is 0 Å². The van der Waals surface area contributed by atoms with Crippen molar-refractivity contribution in [2.75, 3.05) is 12.4 Å². The predicted octanol–water partition coefficient (Wildman–Crippen LogP) is 4.35. The van der Waals surface area contributed by atoms with Gasteiger partial charge in [0, 0.05) is 28.9 Å². The van der Waals surface area contributed by atoms with Gasteiger partial charge in [-0.05, 0) is 25.1 Å². The molecule has 8 heteroatoms. The summed E-state index contributed by atoms with van der Waals surface area (Å²) < 4.78 is 10.9. The summed E-state index contributed by atoms with van der Waals surface area (Å²) in [4.78, 5) is 15.6. The van der Waals surface area contributed by atoms with Gasteiger partial charge in [0.05, 0.1) is 17.9 Å². The third-order valence-corrected chi connectivity index (χ3v) is 5.14. The Hall–Kier alpha value is -3.26. The van der Waals surface area contributed by atoms with Gasteiger partial charge in [-0.2, -0.15) is 0 Å². The second-order valence-electron chi connectivity index (χ2n) is 6.10. The molecular weight excluding hydrogens is 376 g/mol. The molecule has 0 radical (unpaired) electrons. The molecule has 28 heavy (non-hydrogen) atoms. The minimum Gasteiger partial charge on any atom is -0.497 e. The highest BCUT2D eigenvalue weighted by molar-refractivity contribution is 8.00. The van der Waals surface area contributed by atoms with Gasteiger partial charge in [-0.3, -0.25) is 4.79 Å². The summed E-state index contributed by atoms with van der Waals surface area (Å²) >= 11 is 1.21. The second kappa shape index (κ2) is 7.77. The number of hydrogen-bond acceptors (Lipinski definition) is 6. The Labute approximate surface area is 165 Å². The number of carbonyl (C=O) groups is 1. The number of fused-ring (bicyclic) bond motifs is 1. The number of aromatic nitrogens is 3. The zero-order valence-corrected chi connectivity index (χ0v) is 16.1. The smallest absolute Gasteiger partial charge is 0.277 e. The quantitative estimate of drug-likeness (QED) is 0.473. The maximum absolute atomic E-state index is 12.5. The number of aromatic amines is 1. The molecule has 2 aromatic carbocycles. The maximum atomic E-state index is 12.5. The Morgan fingerprint density at radius 3 is 2.93 bits per heavy atom. The average molecular weight is 394 g/mol. The van der Waals surface area contributed by atoms with Gasteiger partial charge in [0.25, 0.3) is 11.1 Å². The Bertz CT molecular complexity index is 1120. The average Bonchev–Trinajstić information content (AvgIpc) is 3.34. The molecule has 0 saturated carbocycles. The van der Waals surface area contributed by atoms with Crippen molar-refractivity contribution in [1.29, 1.82) is 0 Å². The van der Waals surface area contributed by atoms with Gasteiger partial charge < -0.3 is 19.5 Å². The van der Waals surface area contributed by atoms with Crippen LogP contribution in [0, 0.1) is 0 Å². The van der Waals surface area contributed by atoms with E-state index in [2.05, 4.69) is 20.5 Å². The van der Waals surface area contributed by atoms with Crippen LogP contribution >= 0.6 is 11.8 Å². The van der Waals surface area contributed by atoms with E-state index in [-0.39, 0.29) is 5.91 Å². The van der Waals surface area contributed by atoms with Gasteiger partial charge in [0.2, 0.25) is 5.91 Å². The first-order valence-electron chi connectivity index (χ1n) is 8.65. The van der Waals surface area contributed by atoms with E-state index in [9.17, 15) is 4.79 Å². The number of methoxy groups -OCH3 is 1. The van der Waals surface area contributed by atoms with E-state index in [0.29, 0.717) is 22.6 Å². The van der Waals surface area contributed by atoms with E-state index in [4.69, 9.17) is 9.15 Å². The summed E-state index contributed by atoms with van der Waals surface area (Å²) in [6.45, 7) is 1.79. The first kappa shape index (κ1) is 18.1. The molecule has 0 fully saturated rings. The minimum absolute atomic E-state index is 0.162. The van der Waals surface area contributed by atoms with Crippen LogP contribution in [0.25, 0.3) is 22.4 Å². The number of carbonyl (C=O) groups excluding carboxylic acids is 1. The van der Waals surface area contributed by atoms with Crippen molar-refractivity contribution in [2.45, 2.75) is 17.4 Å². The lowest BCUT2D eigenvalue weighted by molar-refractivity contribution is -0.115. The summed E-state index contributed by atoms with van der Waals surface area (Å²) in [5.74, 6) is 0.934. The number of thioether (sulfide) groups is 1. The highest BCUT2D eigenvalue weighted by atomic mass is 32.2. The standard InChI is InChI=1S/C20H18N4O3S/c1-12(18(25)22-13-6-5-7-14(10-13)26-2)28-20-24-23-19(27-20)16-11-21-17-9-4-3-8-15(16)17/h3-12,21H,1-2H3,(H,22,25)/t12-/m1/s1. The molecular formula is C20H18N4O3S. The molecule has 0 aliphatic rings. The van der Waals surface area contributed by atoms with E-state index < -0.39 is 5.25 Å². The number of rotatable bonds is 6. The first-order valence-corrected chi connectivity index (χ1v) is 9.53. The lowest BCUT2D eigenvalue weighted by Crippen LogP contribution is -2.22. The van der Waals surface area contributed by atoms with Crippen LogP contribution in [0.2, 0.25) is 0 Å². The molecule has 0 spiro atoms. The summed E-state index contributed by atoms with van der Waals surface area (Å²) in [5, 5.41) is 12.0. The third kappa shape index (κ3) is 3.72. The molecule has 0 aliphatic heterocycles. The monoisotopic (exact) mass is 394 g/mol. The Balaban J connectivity index is 1.45. The number of amides is 1. The molecule has 0 unspecified atom stereocenters. The second-order valence-corrected chi connectivity index (χ2v) is 7.39. The topological polar surface area (TPSA) is 93.0 Å². The number of hydrogen-bond donors (Lipinski definition) is 2. The van der Waals surface area contributed by atoms with E-state index in [1.165, 1.54) is 11.8 Å². The molecule has 1 amide bonds. The highest BCUT2D eigenvalue weighted by Crippen LogP contribution is 2.31. The largest absolute Gasteiger partial charge is 0.497 e. The normalized spacial score (nSPS) is 12.1. The fraction of sp³-hybridized carbons (Fsp3) is 0.150. The van der Waals surface area contributed by atoms with E-state index >= 15 is 0 Å². The van der Waals surface area contributed by atoms with E-state index in [1.807, 2.05) is 42.6 Å². The van der Waals surface area contributed by atoms with Crippen LogP contribution < -0.4 is 10.1 Å². The Kier molecular flexibility index (Phi) is 5.03. The van der Waals surface area contributed by atoms with Crippen LogP contribution in [0.3, 0.4) is 0 Å². The zero-order chi connectivity index (χ0) is 19.5. The van der Waals surface area contributed by atoms with Crippen molar-refractivity contribution in [3.05, 3.63) is 54.7 Å². The Morgan fingerprint density at radius 1 is 1.21 bits per heavy atom. The van der Waals surface area contributed by atoms with Crippen molar-refractivity contribution in [1.82, 2.24) is 15.2 Å². The fourth-order valence-corrected chi connectivity index (χ4v) is 3.45. The van der Waals surface area contributed by atoms with Gasteiger partial charge >= 0.3 is 0 Å². The number of ether oxygens (including phenoxy) is 1. The van der Waals surface area contributed by atoms with Gasteiger partial charge in [-0.1, -0.05) is 36.0 Å². The van der Waals surface area contributed by atoms with Crippen molar-refractivity contribution < 1.29 is 13.9 Å². The number of benzene rings is 2. The summed E-state index contributed by atoms with van der Waals surface area (Å²) in [5.41, 5.74) is 2.50. The molecule has 0 saturated heterocycles. The molecule has 2 N–H and O–H groups in total. The van der Waals surface area contributed by atoms with Crippen LogP contribution in [0.5, 0.6) is 5.75 Å². The van der Waals surface area contributed by atoms with Crippen molar-refractivity contribution >= 4 is 34.3 Å². The molecule has 7 nitrogen and oxygen atoms in total. The van der Waals surface area contributed by atoms with Gasteiger partial charge in [-0.25, -0.2) is 0 Å². The van der Waals surface area contributed by atoms with Crippen LogP contribution in [0.1, 0.15) is 6.92 Å². The third-order valence-electron chi connectivity index (χ3n) is 4.21. The van der Waals surface area contributed by atoms with Crippen LogP contribution in [0.4, 0.5) is 5.69 Å². The summed E-state index contributed by atoms with van der Waals surface area (Å²) in [6, 6.07) is 15.1. The maximum Gasteiger partial charge on any atom is 0.277 e. The van der Waals surface area contributed by atoms with Gasteiger partial charge in [0.1, 0.15) is 5.75 Å². The number of para-hydroxylation sites is 1. The van der Waals surface area contributed by atoms with E-state index in [0.717, 1.165) is 16.5 Å². The molecule has 4 rings (SSSR count). The molecule has 2 aromatic heterocycles. The van der Waals surface area contributed by atoms with Crippen molar-refractivity contribution in [2.24, 2.45) is 0 Å². The minimum atomic E-state index is -0.414. The molecule has 4 aromatic rings. The SMILES string of the molecule is COc1cccc(NC(=O)[C@@H](C)Sc2nnc(-c3c[nH]c4ccccc34)o2)c1. The predicted molar refractivity (Wildman–Crippen MR) is 109 cm³/mol. The number of nitrogens with zero attached hydrogens (tertiary/aromatic N) is 2. The van der Waals surface area contributed by atoms with E-state index in [1.54, 1.807) is 26.2 Å². The first-order chi connectivity index (χ1) is 13.6. The number of nitrogens with one attached hydrogen (secondary N) is 2. The zero-order valence-electron chi connectivity index (χ0n) is 15.3. The fourth-order valence-electron chi connectivity index (χ4n) is 2.76. The summed E-state index contributed by atoms with van der Waals surface area (Å²) in [7, 11) is 1.58. The van der Waals surface area contributed by atoms with Gasteiger partial charge in [-0.15, -0.1) is 10.2 Å². The molecule has 142 valence electrons. The van der Waals surface area contributed by atoms with Crippen molar-refractivity contribution in [3.8, 4) is 17.2 Å². The molecule has 0 bridgehead atoms. The van der Waals surface area contributed by atoms with Crippen LogP contribution in [-0.2, 0) is 4.79 Å². The van der Waals surface area contributed by atoms with Crippen LogP contribution in [0.15, 0.2) is 64.4 Å². The highest BCUT2D eigenvalue weighted by Gasteiger charge is 2.20. The van der Waals surface area contributed by atoms with Crippen LogP contribution in [-0.4, -0.2) is 33.4 Å². The Morgan fingerprint density at radius 2 is 2.07 bits per heavy atom. The molecule has 2 heterocycles. The number of anilines is 1. The summed E-state index contributed by atoms with van der Waals surface area (Å²) in [6.07, 6.45) is 1.84. The lowest BCUT2D eigenvalue weighted by atomic mass is 10.2.